The van der Waals surface area contributed by atoms with Crippen LogP contribution >= 0.6 is 0 Å². The van der Waals surface area contributed by atoms with Gasteiger partial charge in [-0.1, -0.05) is 60.7 Å². The standard InChI is InChI=1S/C39H19N3O2/c40-20-23-9-11-24(12-10-23)39-33(21-41)29(25-13-15-37-31(17-25)27-5-1-3-7-35(27)43-37)19-30(34(39)22-42)26-14-16-38-32(18-26)28-6-2-4-8-36(28)44-38/h1-19H. The molecule has 0 radical (unpaired) electrons. The lowest BCUT2D eigenvalue weighted by Gasteiger charge is -2.17. The summed E-state index contributed by atoms with van der Waals surface area (Å²) < 4.78 is 12.1. The van der Waals surface area contributed by atoms with Crippen molar-refractivity contribution >= 4 is 43.9 Å². The van der Waals surface area contributed by atoms with Crippen molar-refractivity contribution in [1.29, 1.82) is 15.8 Å². The molecule has 202 valence electrons. The third kappa shape index (κ3) is 3.77. The van der Waals surface area contributed by atoms with Gasteiger partial charge in [0.25, 0.3) is 0 Å². The Morgan fingerprint density at radius 1 is 0.409 bits per heavy atom. The van der Waals surface area contributed by atoms with E-state index in [1.54, 1.807) is 24.3 Å². The first-order valence-electron chi connectivity index (χ1n) is 14.0. The van der Waals surface area contributed by atoms with E-state index >= 15 is 0 Å². The minimum absolute atomic E-state index is 0.386. The van der Waals surface area contributed by atoms with E-state index in [1.165, 1.54) is 0 Å². The van der Waals surface area contributed by atoms with Gasteiger partial charge >= 0.3 is 0 Å². The molecule has 0 N–H and O–H groups in total. The molecule has 0 unspecified atom stereocenters. The van der Waals surface area contributed by atoms with Crippen LogP contribution in [0.25, 0.3) is 77.3 Å². The minimum Gasteiger partial charge on any atom is -0.456 e. The molecule has 0 amide bonds. The Kier molecular flexibility index (Phi) is 5.56. The summed E-state index contributed by atoms with van der Waals surface area (Å²) in [5.74, 6) is 0. The minimum atomic E-state index is 0.386. The van der Waals surface area contributed by atoms with E-state index in [-0.39, 0.29) is 0 Å². The van der Waals surface area contributed by atoms with E-state index in [4.69, 9.17) is 8.83 Å². The van der Waals surface area contributed by atoms with E-state index in [1.807, 2.05) is 91.0 Å². The number of nitriles is 3. The van der Waals surface area contributed by atoms with Crippen LogP contribution < -0.4 is 0 Å². The zero-order valence-electron chi connectivity index (χ0n) is 23.1. The van der Waals surface area contributed by atoms with Gasteiger partial charge in [-0.05, 0) is 71.3 Å². The lowest BCUT2D eigenvalue weighted by molar-refractivity contribution is 0.668. The molecule has 0 atom stereocenters. The topological polar surface area (TPSA) is 97.7 Å². The number of hydrogen-bond acceptors (Lipinski definition) is 5. The van der Waals surface area contributed by atoms with Gasteiger partial charge in [-0.2, -0.15) is 15.8 Å². The van der Waals surface area contributed by atoms with Crippen LogP contribution in [0, 0.1) is 34.0 Å². The van der Waals surface area contributed by atoms with Crippen molar-refractivity contribution in [3.05, 3.63) is 132 Å². The van der Waals surface area contributed by atoms with Crippen LogP contribution in [0.3, 0.4) is 0 Å². The maximum atomic E-state index is 10.6. The van der Waals surface area contributed by atoms with Crippen LogP contribution in [0.1, 0.15) is 16.7 Å². The molecule has 2 aromatic heterocycles. The highest BCUT2D eigenvalue weighted by Crippen LogP contribution is 2.43. The molecule has 6 aromatic carbocycles. The van der Waals surface area contributed by atoms with Crippen LogP contribution in [0.2, 0.25) is 0 Å². The Hall–Kier alpha value is -6.61. The summed E-state index contributed by atoms with van der Waals surface area (Å²) >= 11 is 0. The summed E-state index contributed by atoms with van der Waals surface area (Å²) in [4.78, 5) is 0. The molecule has 0 aliphatic rings. The van der Waals surface area contributed by atoms with E-state index < -0.39 is 0 Å². The molecule has 8 aromatic rings. The average molecular weight is 562 g/mol. The van der Waals surface area contributed by atoms with Crippen molar-refractivity contribution in [2.75, 3.05) is 0 Å². The van der Waals surface area contributed by atoms with Crippen LogP contribution in [-0.2, 0) is 0 Å². The zero-order valence-corrected chi connectivity index (χ0v) is 23.1. The smallest absolute Gasteiger partial charge is 0.135 e. The van der Waals surface area contributed by atoms with Crippen LogP contribution in [0.5, 0.6) is 0 Å². The molecule has 0 bridgehead atoms. The van der Waals surface area contributed by atoms with Gasteiger partial charge in [0, 0.05) is 38.2 Å². The number of furan rings is 2. The van der Waals surface area contributed by atoms with Crippen molar-refractivity contribution in [2.45, 2.75) is 0 Å². The fourth-order valence-corrected chi connectivity index (χ4v) is 6.16. The SMILES string of the molecule is N#Cc1ccc(-c2c(C#N)c(-c3ccc4oc5ccccc5c4c3)cc(-c3ccc4oc5ccccc5c4c3)c2C#N)cc1. The van der Waals surface area contributed by atoms with Crippen molar-refractivity contribution in [1.82, 2.24) is 0 Å². The molecule has 8 rings (SSSR count). The molecule has 0 fully saturated rings. The van der Waals surface area contributed by atoms with Gasteiger partial charge in [0.2, 0.25) is 0 Å². The van der Waals surface area contributed by atoms with Gasteiger partial charge in [0.15, 0.2) is 0 Å². The highest BCUT2D eigenvalue weighted by atomic mass is 16.3. The highest BCUT2D eigenvalue weighted by molar-refractivity contribution is 6.08. The number of nitrogens with zero attached hydrogens (tertiary/aromatic N) is 3. The summed E-state index contributed by atoms with van der Waals surface area (Å²) in [6.07, 6.45) is 0. The van der Waals surface area contributed by atoms with E-state index in [9.17, 15) is 15.8 Å². The monoisotopic (exact) mass is 561 g/mol. The molecular weight excluding hydrogens is 542 g/mol. The second-order valence-corrected chi connectivity index (χ2v) is 10.6. The molecule has 44 heavy (non-hydrogen) atoms. The van der Waals surface area contributed by atoms with Crippen LogP contribution in [0.15, 0.2) is 124 Å². The van der Waals surface area contributed by atoms with Crippen molar-refractivity contribution in [3.63, 3.8) is 0 Å². The lowest BCUT2D eigenvalue weighted by atomic mass is 9.83. The third-order valence-corrected chi connectivity index (χ3v) is 8.23. The van der Waals surface area contributed by atoms with Gasteiger partial charge in [-0.15, -0.1) is 0 Å². The van der Waals surface area contributed by atoms with Gasteiger partial charge in [-0.25, -0.2) is 0 Å². The summed E-state index contributed by atoms with van der Waals surface area (Å²) in [5, 5.41) is 34.5. The number of rotatable bonds is 3. The number of para-hydroxylation sites is 2. The maximum absolute atomic E-state index is 10.6. The van der Waals surface area contributed by atoms with Gasteiger partial charge in [0.1, 0.15) is 34.5 Å². The third-order valence-electron chi connectivity index (χ3n) is 8.23. The molecule has 2 heterocycles. The second-order valence-electron chi connectivity index (χ2n) is 10.6. The van der Waals surface area contributed by atoms with Crippen LogP contribution in [-0.4, -0.2) is 0 Å². The van der Waals surface area contributed by atoms with E-state index in [2.05, 4.69) is 18.2 Å². The number of benzene rings is 6. The maximum Gasteiger partial charge on any atom is 0.135 e. The quantitative estimate of drug-likeness (QED) is 0.214. The van der Waals surface area contributed by atoms with Gasteiger partial charge < -0.3 is 8.83 Å². The summed E-state index contributed by atoms with van der Waals surface area (Å²) in [5.41, 5.74) is 8.64. The Balaban J connectivity index is 1.46. The summed E-state index contributed by atoms with van der Waals surface area (Å²) in [6.45, 7) is 0. The van der Waals surface area contributed by atoms with E-state index in [0.717, 1.165) is 55.0 Å². The Morgan fingerprint density at radius 2 is 0.864 bits per heavy atom. The molecule has 0 aliphatic carbocycles. The molecular formula is C39H19N3O2. The molecule has 5 heteroatoms. The molecule has 0 saturated heterocycles. The largest absolute Gasteiger partial charge is 0.456 e. The number of fused-ring (bicyclic) bond motifs is 6. The number of hydrogen-bond donors (Lipinski definition) is 0. The zero-order chi connectivity index (χ0) is 29.8. The van der Waals surface area contributed by atoms with Crippen LogP contribution in [0.4, 0.5) is 0 Å². The summed E-state index contributed by atoms with van der Waals surface area (Å²) in [7, 11) is 0. The first kappa shape index (κ1) is 25.1. The Labute approximate surface area is 251 Å². The first-order chi connectivity index (χ1) is 21.7. The summed E-state index contributed by atoms with van der Waals surface area (Å²) in [6, 6.07) is 43.5. The predicted octanol–water partition coefficient (Wildman–Crippen LogP) is 10.1. The van der Waals surface area contributed by atoms with Gasteiger partial charge in [0.05, 0.1) is 22.8 Å². The highest BCUT2D eigenvalue weighted by Gasteiger charge is 2.23. The normalized spacial score (nSPS) is 11.1. The fraction of sp³-hybridized carbons (Fsp3) is 0. The molecule has 0 saturated carbocycles. The lowest BCUT2D eigenvalue weighted by Crippen LogP contribution is -1.98. The van der Waals surface area contributed by atoms with Crippen molar-refractivity contribution < 1.29 is 8.83 Å². The molecule has 0 spiro atoms. The second kappa shape index (κ2) is 9.74. The molecule has 0 aliphatic heterocycles. The Bertz CT molecular complexity index is 2430. The molecule has 5 nitrogen and oxygen atoms in total. The van der Waals surface area contributed by atoms with Gasteiger partial charge in [-0.3, -0.25) is 0 Å². The average Bonchev–Trinajstić information content (AvgIpc) is 3.65. The van der Waals surface area contributed by atoms with Crippen molar-refractivity contribution in [2.24, 2.45) is 0 Å². The first-order valence-corrected chi connectivity index (χ1v) is 14.0. The van der Waals surface area contributed by atoms with E-state index in [0.29, 0.717) is 38.9 Å². The fourth-order valence-electron chi connectivity index (χ4n) is 6.16. The Morgan fingerprint density at radius 3 is 1.34 bits per heavy atom. The predicted molar refractivity (Wildman–Crippen MR) is 171 cm³/mol. The van der Waals surface area contributed by atoms with Crippen molar-refractivity contribution in [3.8, 4) is 51.6 Å².